The lowest BCUT2D eigenvalue weighted by Gasteiger charge is -2.22. The smallest absolute Gasteiger partial charge is 0.225 e. The molecule has 3 atom stereocenters. The van der Waals surface area contributed by atoms with E-state index in [1.807, 2.05) is 43.7 Å². The van der Waals surface area contributed by atoms with Crippen LogP contribution in [0.3, 0.4) is 0 Å². The van der Waals surface area contributed by atoms with Crippen molar-refractivity contribution in [3.8, 4) is 5.75 Å². The van der Waals surface area contributed by atoms with Gasteiger partial charge in [-0.3, -0.25) is 9.48 Å². The van der Waals surface area contributed by atoms with Crippen molar-refractivity contribution in [2.45, 2.75) is 18.9 Å². The first-order chi connectivity index (χ1) is 14.1. The number of methoxy groups -OCH3 is 1. The van der Waals surface area contributed by atoms with Crippen LogP contribution in [0.25, 0.3) is 0 Å². The lowest BCUT2D eigenvalue weighted by atomic mass is 9.89. The minimum absolute atomic E-state index is 0.0500. The average molecular weight is 396 g/mol. The van der Waals surface area contributed by atoms with Gasteiger partial charge in [0.2, 0.25) is 11.8 Å². The largest absolute Gasteiger partial charge is 0.496 e. The lowest BCUT2D eigenvalue weighted by Crippen LogP contribution is -2.38. The topological polar surface area (TPSA) is 107 Å². The first kappa shape index (κ1) is 19.1. The number of rotatable bonds is 6. The molecule has 4 rings (SSSR count). The number of nitrogens with one attached hydrogen (secondary N) is 2. The zero-order chi connectivity index (χ0) is 20.4. The van der Waals surface area contributed by atoms with Gasteiger partial charge in [-0.15, -0.1) is 0 Å². The first-order valence-corrected chi connectivity index (χ1v) is 9.49. The molecule has 0 aliphatic carbocycles. The van der Waals surface area contributed by atoms with Gasteiger partial charge >= 0.3 is 0 Å². The summed E-state index contributed by atoms with van der Waals surface area (Å²) in [6.45, 7) is 3.04. The molecule has 1 aromatic carbocycles. The van der Waals surface area contributed by atoms with Crippen molar-refractivity contribution in [2.75, 3.05) is 20.2 Å². The molecule has 1 amide bonds. The van der Waals surface area contributed by atoms with Gasteiger partial charge in [-0.05, 0) is 11.6 Å². The number of benzene rings is 1. The molecule has 0 bridgehead atoms. The minimum Gasteiger partial charge on any atom is -0.496 e. The van der Waals surface area contributed by atoms with E-state index in [0.717, 1.165) is 17.7 Å². The molecule has 2 aromatic heterocycles. The van der Waals surface area contributed by atoms with E-state index >= 15 is 0 Å². The molecule has 29 heavy (non-hydrogen) atoms. The third-order valence-corrected chi connectivity index (χ3v) is 5.24. The fourth-order valence-corrected chi connectivity index (χ4v) is 3.80. The van der Waals surface area contributed by atoms with E-state index in [1.54, 1.807) is 18.7 Å². The number of amides is 1. The highest BCUT2D eigenvalue weighted by molar-refractivity contribution is 5.81. The molecule has 9 heteroatoms. The Labute approximate surface area is 168 Å². The molecule has 152 valence electrons. The summed E-state index contributed by atoms with van der Waals surface area (Å²) in [5.74, 6) is 1.21. The van der Waals surface area contributed by atoms with E-state index in [-0.39, 0.29) is 17.7 Å². The third-order valence-electron chi connectivity index (χ3n) is 5.24. The van der Waals surface area contributed by atoms with Crippen molar-refractivity contribution in [3.05, 3.63) is 59.5 Å². The van der Waals surface area contributed by atoms with E-state index in [0.29, 0.717) is 24.0 Å². The van der Waals surface area contributed by atoms with Gasteiger partial charge in [0, 0.05) is 44.7 Å². The number of para-hydroxylation sites is 1. The molecule has 2 N–H and O–H groups in total. The molecule has 1 unspecified atom stereocenters. The zero-order valence-electron chi connectivity index (χ0n) is 16.6. The van der Waals surface area contributed by atoms with Crippen LogP contribution < -0.4 is 15.4 Å². The van der Waals surface area contributed by atoms with Gasteiger partial charge in [-0.25, -0.2) is 0 Å². The van der Waals surface area contributed by atoms with Crippen molar-refractivity contribution in [1.82, 2.24) is 30.6 Å². The van der Waals surface area contributed by atoms with Crippen LogP contribution in [0.15, 0.2) is 41.2 Å². The molecule has 1 aliphatic heterocycles. The van der Waals surface area contributed by atoms with Gasteiger partial charge in [0.25, 0.3) is 0 Å². The van der Waals surface area contributed by atoms with Crippen molar-refractivity contribution in [3.63, 3.8) is 0 Å². The molecule has 1 aliphatic rings. The number of ether oxygens (including phenoxy) is 1. The van der Waals surface area contributed by atoms with E-state index in [4.69, 9.17) is 9.26 Å². The van der Waals surface area contributed by atoms with Crippen LogP contribution >= 0.6 is 0 Å². The quantitative estimate of drug-likeness (QED) is 0.647. The Bertz CT molecular complexity index is 998. The maximum atomic E-state index is 13.3. The summed E-state index contributed by atoms with van der Waals surface area (Å²) in [4.78, 5) is 17.6. The monoisotopic (exact) mass is 396 g/mol. The van der Waals surface area contributed by atoms with Crippen LogP contribution in [0.2, 0.25) is 0 Å². The predicted molar refractivity (Wildman–Crippen MR) is 104 cm³/mol. The predicted octanol–water partition coefficient (Wildman–Crippen LogP) is 1.33. The van der Waals surface area contributed by atoms with Gasteiger partial charge in [0.15, 0.2) is 5.82 Å². The maximum absolute atomic E-state index is 13.3. The second-order valence-electron chi connectivity index (χ2n) is 7.17. The Morgan fingerprint density at radius 3 is 2.90 bits per heavy atom. The van der Waals surface area contributed by atoms with E-state index in [9.17, 15) is 4.79 Å². The van der Waals surface area contributed by atoms with Crippen LogP contribution in [0.1, 0.15) is 34.8 Å². The Morgan fingerprint density at radius 1 is 1.38 bits per heavy atom. The van der Waals surface area contributed by atoms with Crippen molar-refractivity contribution in [1.29, 1.82) is 0 Å². The van der Waals surface area contributed by atoms with Crippen LogP contribution in [0.4, 0.5) is 0 Å². The Morgan fingerprint density at radius 2 is 2.21 bits per heavy atom. The minimum atomic E-state index is -0.578. The molecule has 0 radical (unpaired) electrons. The Hall–Kier alpha value is -3.20. The summed E-state index contributed by atoms with van der Waals surface area (Å²) in [6.07, 6.45) is 3.77. The number of carbonyl (C=O) groups excluding carboxylic acids is 1. The molecule has 3 aromatic rings. The van der Waals surface area contributed by atoms with Crippen LogP contribution in [-0.4, -0.2) is 46.0 Å². The lowest BCUT2D eigenvalue weighted by molar-refractivity contribution is -0.125. The molecular weight excluding hydrogens is 372 g/mol. The summed E-state index contributed by atoms with van der Waals surface area (Å²) in [5.41, 5.74) is 1.81. The second-order valence-corrected chi connectivity index (χ2v) is 7.17. The highest BCUT2D eigenvalue weighted by atomic mass is 16.5. The molecule has 9 nitrogen and oxygen atoms in total. The Kier molecular flexibility index (Phi) is 5.30. The maximum Gasteiger partial charge on any atom is 0.225 e. The van der Waals surface area contributed by atoms with Gasteiger partial charge in [0.05, 0.1) is 19.2 Å². The molecule has 0 saturated carbocycles. The van der Waals surface area contributed by atoms with Gasteiger partial charge in [0.1, 0.15) is 11.8 Å². The van der Waals surface area contributed by atoms with Gasteiger partial charge in [-0.2, -0.15) is 10.1 Å². The molecule has 1 fully saturated rings. The first-order valence-electron chi connectivity index (χ1n) is 9.49. The van der Waals surface area contributed by atoms with Gasteiger partial charge in [-0.1, -0.05) is 23.4 Å². The van der Waals surface area contributed by atoms with E-state index in [1.165, 1.54) is 0 Å². The Balaban J connectivity index is 1.63. The average Bonchev–Trinajstić information content (AvgIpc) is 3.46. The third kappa shape index (κ3) is 3.86. The summed E-state index contributed by atoms with van der Waals surface area (Å²) < 4.78 is 12.4. The summed E-state index contributed by atoms with van der Waals surface area (Å²) in [5, 5.41) is 14.7. The number of carbonyl (C=O) groups is 1. The number of hydrogen-bond donors (Lipinski definition) is 2. The van der Waals surface area contributed by atoms with Crippen molar-refractivity contribution in [2.24, 2.45) is 13.0 Å². The number of nitrogens with zero attached hydrogens (tertiary/aromatic N) is 4. The molecular formula is C20H24N6O3. The van der Waals surface area contributed by atoms with Crippen molar-refractivity contribution >= 4 is 5.91 Å². The van der Waals surface area contributed by atoms with E-state index in [2.05, 4.69) is 25.9 Å². The summed E-state index contributed by atoms with van der Waals surface area (Å²) >= 11 is 0. The van der Waals surface area contributed by atoms with Crippen LogP contribution in [0, 0.1) is 12.8 Å². The van der Waals surface area contributed by atoms with Gasteiger partial charge < -0.3 is 19.9 Å². The number of aryl methyl sites for hydroxylation is 2. The van der Waals surface area contributed by atoms with Crippen LogP contribution in [-0.2, 0) is 11.8 Å². The summed E-state index contributed by atoms with van der Waals surface area (Å²) in [6, 6.07) is 6.92. The second kappa shape index (κ2) is 8.04. The molecule has 0 spiro atoms. The number of hydrogen-bond acceptors (Lipinski definition) is 7. The SMILES string of the molecule is COc1ccccc1C(NC(=O)[C@H]1CNC[C@@H]1c1cnn(C)c1)c1noc(C)n1. The molecule has 1 saturated heterocycles. The highest BCUT2D eigenvalue weighted by Gasteiger charge is 2.37. The zero-order valence-corrected chi connectivity index (χ0v) is 16.6. The van der Waals surface area contributed by atoms with E-state index < -0.39 is 6.04 Å². The van der Waals surface area contributed by atoms with Crippen molar-refractivity contribution < 1.29 is 14.1 Å². The molecule has 3 heterocycles. The normalized spacial score (nSPS) is 19.8. The summed E-state index contributed by atoms with van der Waals surface area (Å²) in [7, 11) is 3.47. The standard InChI is InChI=1S/C20H24N6O3/c1-12-23-19(25-29-12)18(14-6-4-5-7-17(14)28-3)24-20(27)16-10-21-9-15(16)13-8-22-26(2)11-13/h4-8,11,15-16,18,21H,9-10H2,1-3H3,(H,24,27)/t15-,16+,18?/m1/s1. The fourth-order valence-electron chi connectivity index (χ4n) is 3.80. The van der Waals surface area contributed by atoms with Crippen LogP contribution in [0.5, 0.6) is 5.75 Å². The fraction of sp³-hybridized carbons (Fsp3) is 0.400. The number of aromatic nitrogens is 4. The highest BCUT2D eigenvalue weighted by Crippen LogP contribution is 2.32.